The predicted octanol–water partition coefficient (Wildman–Crippen LogP) is 1.18. The molecule has 0 heterocycles. The lowest BCUT2D eigenvalue weighted by atomic mass is 10.2. The molecule has 0 aliphatic rings. The second-order valence-electron chi connectivity index (χ2n) is 3.60. The summed E-state index contributed by atoms with van der Waals surface area (Å²) in [4.78, 5) is 13.4. The summed E-state index contributed by atoms with van der Waals surface area (Å²) in [7, 11) is 1.64. The van der Waals surface area contributed by atoms with Crippen molar-refractivity contribution >= 4 is 6.03 Å². The Kier molecular flexibility index (Phi) is 5.36. The van der Waals surface area contributed by atoms with Crippen molar-refractivity contribution in [2.24, 2.45) is 5.73 Å². The molecule has 0 radical (unpaired) electrons. The van der Waals surface area contributed by atoms with Gasteiger partial charge in [-0.1, -0.05) is 30.3 Å². The Morgan fingerprint density at radius 2 is 2.06 bits per heavy atom. The molecule has 0 saturated carbocycles. The zero-order chi connectivity index (χ0) is 11.8. The molecule has 0 atom stereocenters. The van der Waals surface area contributed by atoms with E-state index in [0.717, 1.165) is 12.0 Å². The third kappa shape index (κ3) is 3.90. The van der Waals surface area contributed by atoms with Gasteiger partial charge in [-0.15, -0.1) is 0 Å². The first-order chi connectivity index (χ1) is 7.77. The molecule has 3 N–H and O–H groups in total. The van der Waals surface area contributed by atoms with Gasteiger partial charge in [0.1, 0.15) is 0 Å². The molecule has 1 aromatic rings. The topological polar surface area (TPSA) is 58.4 Å². The molecule has 1 aromatic carbocycles. The van der Waals surface area contributed by atoms with Crippen molar-refractivity contribution in [2.45, 2.75) is 13.0 Å². The van der Waals surface area contributed by atoms with E-state index in [4.69, 9.17) is 5.73 Å². The lowest BCUT2D eigenvalue weighted by Gasteiger charge is -2.22. The van der Waals surface area contributed by atoms with Crippen molar-refractivity contribution in [3.63, 3.8) is 0 Å². The van der Waals surface area contributed by atoms with Gasteiger partial charge in [0, 0.05) is 20.1 Å². The molecule has 0 aliphatic heterocycles. The summed E-state index contributed by atoms with van der Waals surface area (Å²) < 4.78 is 0. The van der Waals surface area contributed by atoms with Crippen LogP contribution in [0.25, 0.3) is 0 Å². The lowest BCUT2D eigenvalue weighted by molar-refractivity contribution is 0.197. The SMILES string of the molecule is CNC(=O)N(CCCN)Cc1ccccc1. The van der Waals surface area contributed by atoms with Gasteiger partial charge in [-0.25, -0.2) is 4.79 Å². The van der Waals surface area contributed by atoms with Crippen molar-refractivity contribution < 1.29 is 4.79 Å². The number of nitrogens with one attached hydrogen (secondary N) is 1. The number of nitrogens with zero attached hydrogens (tertiary/aromatic N) is 1. The monoisotopic (exact) mass is 221 g/mol. The van der Waals surface area contributed by atoms with Gasteiger partial charge >= 0.3 is 6.03 Å². The van der Waals surface area contributed by atoms with Crippen LogP contribution in [0.3, 0.4) is 0 Å². The molecule has 0 aromatic heterocycles. The summed E-state index contributed by atoms with van der Waals surface area (Å²) >= 11 is 0. The molecular formula is C12H19N3O. The molecule has 16 heavy (non-hydrogen) atoms. The quantitative estimate of drug-likeness (QED) is 0.784. The molecule has 4 nitrogen and oxygen atoms in total. The highest BCUT2D eigenvalue weighted by molar-refractivity contribution is 5.73. The van der Waals surface area contributed by atoms with Gasteiger partial charge in [0.05, 0.1) is 0 Å². The molecule has 0 aliphatic carbocycles. The highest BCUT2D eigenvalue weighted by Gasteiger charge is 2.10. The van der Waals surface area contributed by atoms with Crippen LogP contribution in [0.4, 0.5) is 4.79 Å². The summed E-state index contributed by atoms with van der Waals surface area (Å²) in [6.45, 7) is 1.91. The maximum atomic E-state index is 11.6. The van der Waals surface area contributed by atoms with E-state index in [1.54, 1.807) is 11.9 Å². The van der Waals surface area contributed by atoms with Gasteiger partial charge in [0.15, 0.2) is 0 Å². The number of urea groups is 1. The Labute approximate surface area is 96.4 Å². The van der Waals surface area contributed by atoms with Gasteiger partial charge in [-0.3, -0.25) is 0 Å². The number of nitrogens with two attached hydrogens (primary N) is 1. The summed E-state index contributed by atoms with van der Waals surface area (Å²) in [6, 6.07) is 9.88. The molecule has 0 saturated heterocycles. The fraction of sp³-hybridized carbons (Fsp3) is 0.417. The van der Waals surface area contributed by atoms with Gasteiger partial charge in [0.25, 0.3) is 0 Å². The van der Waals surface area contributed by atoms with Gasteiger partial charge in [-0.05, 0) is 18.5 Å². The van der Waals surface area contributed by atoms with Crippen molar-refractivity contribution in [1.82, 2.24) is 10.2 Å². The minimum atomic E-state index is -0.0581. The summed E-state index contributed by atoms with van der Waals surface area (Å²) in [6.07, 6.45) is 0.820. The van der Waals surface area contributed by atoms with E-state index in [1.807, 2.05) is 30.3 Å². The Hall–Kier alpha value is -1.55. The molecule has 0 bridgehead atoms. The van der Waals surface area contributed by atoms with Crippen LogP contribution in [0.1, 0.15) is 12.0 Å². The number of benzene rings is 1. The summed E-state index contributed by atoms with van der Waals surface area (Å²) in [5, 5.41) is 2.64. The van der Waals surface area contributed by atoms with Crippen LogP contribution in [0.2, 0.25) is 0 Å². The third-order valence-corrected chi connectivity index (χ3v) is 2.35. The smallest absolute Gasteiger partial charge is 0.317 e. The Morgan fingerprint density at radius 3 is 2.62 bits per heavy atom. The number of carbonyl (C=O) groups is 1. The van der Waals surface area contributed by atoms with E-state index < -0.39 is 0 Å². The molecular weight excluding hydrogens is 202 g/mol. The van der Waals surface area contributed by atoms with Crippen molar-refractivity contribution in [1.29, 1.82) is 0 Å². The minimum Gasteiger partial charge on any atom is -0.341 e. The first-order valence-electron chi connectivity index (χ1n) is 5.48. The highest BCUT2D eigenvalue weighted by atomic mass is 16.2. The van der Waals surface area contributed by atoms with Crippen LogP contribution in [0, 0.1) is 0 Å². The average Bonchev–Trinajstić information content (AvgIpc) is 2.34. The van der Waals surface area contributed by atoms with Crippen molar-refractivity contribution in [2.75, 3.05) is 20.1 Å². The van der Waals surface area contributed by atoms with E-state index in [2.05, 4.69) is 5.32 Å². The molecule has 88 valence electrons. The minimum absolute atomic E-state index is 0.0581. The fourth-order valence-corrected chi connectivity index (χ4v) is 1.50. The summed E-state index contributed by atoms with van der Waals surface area (Å²) in [5.41, 5.74) is 6.58. The lowest BCUT2D eigenvalue weighted by Crippen LogP contribution is -2.38. The first-order valence-corrected chi connectivity index (χ1v) is 5.48. The fourth-order valence-electron chi connectivity index (χ4n) is 1.50. The zero-order valence-electron chi connectivity index (χ0n) is 9.65. The van der Waals surface area contributed by atoms with Crippen molar-refractivity contribution in [3.05, 3.63) is 35.9 Å². The first kappa shape index (κ1) is 12.5. The zero-order valence-corrected chi connectivity index (χ0v) is 9.65. The number of hydrogen-bond donors (Lipinski definition) is 2. The van der Waals surface area contributed by atoms with E-state index >= 15 is 0 Å². The Bertz CT molecular complexity index is 313. The standard InChI is InChI=1S/C12H19N3O/c1-14-12(16)15(9-5-8-13)10-11-6-3-2-4-7-11/h2-4,6-7H,5,8-10,13H2,1H3,(H,14,16). The third-order valence-electron chi connectivity index (χ3n) is 2.35. The van der Waals surface area contributed by atoms with Crippen LogP contribution < -0.4 is 11.1 Å². The van der Waals surface area contributed by atoms with E-state index in [1.165, 1.54) is 0 Å². The second kappa shape index (κ2) is 6.85. The summed E-state index contributed by atoms with van der Waals surface area (Å²) in [5.74, 6) is 0. The Balaban J connectivity index is 2.59. The second-order valence-corrected chi connectivity index (χ2v) is 3.60. The van der Waals surface area contributed by atoms with Crippen LogP contribution in [0.15, 0.2) is 30.3 Å². The molecule has 0 fully saturated rings. The number of carbonyl (C=O) groups excluding carboxylic acids is 1. The predicted molar refractivity (Wildman–Crippen MR) is 65.0 cm³/mol. The maximum absolute atomic E-state index is 11.6. The van der Waals surface area contributed by atoms with E-state index in [0.29, 0.717) is 19.6 Å². The van der Waals surface area contributed by atoms with E-state index in [-0.39, 0.29) is 6.03 Å². The normalized spacial score (nSPS) is 9.88. The number of amides is 2. The molecule has 0 unspecified atom stereocenters. The van der Waals surface area contributed by atoms with Crippen LogP contribution in [-0.2, 0) is 6.54 Å². The molecule has 1 rings (SSSR count). The largest absolute Gasteiger partial charge is 0.341 e. The Morgan fingerprint density at radius 1 is 1.38 bits per heavy atom. The molecule has 0 spiro atoms. The van der Waals surface area contributed by atoms with Crippen LogP contribution >= 0.6 is 0 Å². The van der Waals surface area contributed by atoms with Crippen LogP contribution in [0.5, 0.6) is 0 Å². The number of hydrogen-bond acceptors (Lipinski definition) is 2. The number of rotatable bonds is 5. The maximum Gasteiger partial charge on any atom is 0.317 e. The van der Waals surface area contributed by atoms with Gasteiger partial charge in [0.2, 0.25) is 0 Å². The highest BCUT2D eigenvalue weighted by Crippen LogP contribution is 2.05. The molecule has 4 heteroatoms. The molecule has 2 amide bonds. The van der Waals surface area contributed by atoms with Gasteiger partial charge in [-0.2, -0.15) is 0 Å². The average molecular weight is 221 g/mol. The van der Waals surface area contributed by atoms with Crippen molar-refractivity contribution in [3.8, 4) is 0 Å². The van der Waals surface area contributed by atoms with E-state index in [9.17, 15) is 4.79 Å². The van der Waals surface area contributed by atoms with Crippen LogP contribution in [-0.4, -0.2) is 31.1 Å². The van der Waals surface area contributed by atoms with Gasteiger partial charge < -0.3 is 16.0 Å².